The highest BCUT2D eigenvalue weighted by Gasteiger charge is 2.16. The van der Waals surface area contributed by atoms with Crippen LogP contribution >= 0.6 is 0 Å². The summed E-state index contributed by atoms with van der Waals surface area (Å²) in [6.45, 7) is 1.73. The number of benzene rings is 1. The maximum Gasteiger partial charge on any atom is 0.179 e. The normalized spacial score (nSPS) is 14.6. The number of rotatable bonds is 6. The van der Waals surface area contributed by atoms with E-state index >= 15 is 0 Å². The molecule has 1 rings (SSSR count). The van der Waals surface area contributed by atoms with Crippen molar-refractivity contribution in [3.05, 3.63) is 29.8 Å². The molecule has 2 atom stereocenters. The van der Waals surface area contributed by atoms with Gasteiger partial charge < -0.3 is 5.73 Å². The second-order valence-electron chi connectivity index (χ2n) is 4.24. The fraction of sp³-hybridized carbons (Fsp3) is 0.417. The second kappa shape index (κ2) is 6.80. The molecule has 0 bridgehead atoms. The van der Waals surface area contributed by atoms with Crippen LogP contribution < -0.4 is 5.73 Å². The lowest BCUT2D eigenvalue weighted by Crippen LogP contribution is -2.26. The van der Waals surface area contributed by atoms with E-state index in [4.69, 9.17) is 11.0 Å². The van der Waals surface area contributed by atoms with E-state index in [2.05, 4.69) is 0 Å². The van der Waals surface area contributed by atoms with Crippen molar-refractivity contribution in [2.75, 3.05) is 17.3 Å². The Labute approximate surface area is 115 Å². The predicted molar refractivity (Wildman–Crippen MR) is 74.7 cm³/mol. The highest BCUT2D eigenvalue weighted by Crippen LogP contribution is 2.12. The van der Waals surface area contributed by atoms with Crippen LogP contribution in [0.3, 0.4) is 0 Å². The van der Waals surface area contributed by atoms with Crippen LogP contribution in [0.1, 0.15) is 12.5 Å². The molecule has 1 aromatic rings. The van der Waals surface area contributed by atoms with E-state index < -0.39 is 20.6 Å². The van der Waals surface area contributed by atoms with Crippen LogP contribution in [0.4, 0.5) is 0 Å². The van der Waals surface area contributed by atoms with Crippen molar-refractivity contribution >= 4 is 20.6 Å². The average molecular weight is 300 g/mol. The Hall–Kier alpha value is -1.23. The molecular weight excluding hydrogens is 284 g/mol. The summed E-state index contributed by atoms with van der Waals surface area (Å²) in [4.78, 5) is 0.143. The minimum Gasteiger partial charge on any atom is -0.327 e. The lowest BCUT2D eigenvalue weighted by atomic mass is 10.2. The number of sulfone groups is 1. The molecule has 0 aliphatic heterocycles. The van der Waals surface area contributed by atoms with Crippen molar-refractivity contribution < 1.29 is 12.6 Å². The zero-order chi connectivity index (χ0) is 14.5. The first-order chi connectivity index (χ1) is 8.85. The third kappa shape index (κ3) is 5.11. The zero-order valence-corrected chi connectivity index (χ0v) is 12.2. The number of hydrogen-bond acceptors (Lipinski definition) is 5. The largest absolute Gasteiger partial charge is 0.327 e. The van der Waals surface area contributed by atoms with Crippen LogP contribution in [0, 0.1) is 11.3 Å². The Morgan fingerprint density at radius 2 is 1.95 bits per heavy atom. The number of nitrogens with two attached hydrogens (primary N) is 1. The Balaban J connectivity index is 2.71. The molecule has 0 fully saturated rings. The Kier molecular flexibility index (Phi) is 5.66. The highest BCUT2D eigenvalue weighted by atomic mass is 32.2. The molecule has 0 saturated carbocycles. The molecule has 0 aromatic heterocycles. The first-order valence-electron chi connectivity index (χ1n) is 5.68. The smallest absolute Gasteiger partial charge is 0.179 e. The van der Waals surface area contributed by atoms with E-state index in [0.717, 1.165) is 0 Å². The average Bonchev–Trinajstić information content (AvgIpc) is 2.36. The van der Waals surface area contributed by atoms with Gasteiger partial charge in [-0.25, -0.2) is 8.42 Å². The molecule has 0 spiro atoms. The van der Waals surface area contributed by atoms with Crippen molar-refractivity contribution in [2.24, 2.45) is 5.73 Å². The maximum absolute atomic E-state index is 12.0. The third-order valence-electron chi connectivity index (χ3n) is 2.37. The first-order valence-corrected chi connectivity index (χ1v) is 8.82. The van der Waals surface area contributed by atoms with Crippen molar-refractivity contribution in [3.63, 3.8) is 0 Å². The molecule has 0 radical (unpaired) electrons. The molecule has 19 heavy (non-hydrogen) atoms. The van der Waals surface area contributed by atoms with Gasteiger partial charge in [0.15, 0.2) is 9.84 Å². The summed E-state index contributed by atoms with van der Waals surface area (Å²) in [6, 6.07) is 7.39. The summed E-state index contributed by atoms with van der Waals surface area (Å²) in [5.74, 6) is 0.186. The number of hydrogen-bond donors (Lipinski definition) is 1. The summed E-state index contributed by atoms with van der Waals surface area (Å²) in [5, 5.41) is 8.64. The molecule has 1 aromatic carbocycles. The van der Waals surface area contributed by atoms with Gasteiger partial charge in [-0.05, 0) is 31.2 Å². The van der Waals surface area contributed by atoms with Crippen molar-refractivity contribution in [3.8, 4) is 6.07 Å². The van der Waals surface area contributed by atoms with Gasteiger partial charge in [0, 0.05) is 28.3 Å². The van der Waals surface area contributed by atoms with Crippen LogP contribution in [-0.4, -0.2) is 35.9 Å². The summed E-state index contributed by atoms with van der Waals surface area (Å²) in [7, 11) is -4.69. The highest BCUT2D eigenvalue weighted by molar-refractivity contribution is 7.93. The molecule has 0 aliphatic carbocycles. The fourth-order valence-electron chi connectivity index (χ4n) is 1.43. The van der Waals surface area contributed by atoms with E-state index in [1.54, 1.807) is 6.92 Å². The summed E-state index contributed by atoms with van der Waals surface area (Å²) < 4.78 is 35.5. The second-order valence-corrected chi connectivity index (χ2v) is 7.97. The van der Waals surface area contributed by atoms with Crippen LogP contribution in [0.15, 0.2) is 29.2 Å². The number of nitriles is 1. The fourth-order valence-corrected chi connectivity index (χ4v) is 4.59. The third-order valence-corrected chi connectivity index (χ3v) is 5.92. The van der Waals surface area contributed by atoms with Gasteiger partial charge in [-0.1, -0.05) is 0 Å². The van der Waals surface area contributed by atoms with E-state index in [0.29, 0.717) is 11.3 Å². The predicted octanol–water partition coefficient (Wildman–Crippen LogP) is 0.428. The van der Waals surface area contributed by atoms with Crippen molar-refractivity contribution in [2.45, 2.75) is 17.9 Å². The van der Waals surface area contributed by atoms with Crippen LogP contribution in [-0.2, 0) is 20.6 Å². The molecule has 5 nitrogen and oxygen atoms in total. The van der Waals surface area contributed by atoms with Gasteiger partial charge in [-0.3, -0.25) is 4.21 Å². The van der Waals surface area contributed by atoms with Crippen molar-refractivity contribution in [1.82, 2.24) is 0 Å². The van der Waals surface area contributed by atoms with E-state index in [-0.39, 0.29) is 22.4 Å². The molecular formula is C12H16N2O3S2. The molecule has 7 heteroatoms. The quantitative estimate of drug-likeness (QED) is 0.821. The topological polar surface area (TPSA) is 101 Å². The molecule has 0 heterocycles. The molecule has 0 amide bonds. The monoisotopic (exact) mass is 300 g/mol. The van der Waals surface area contributed by atoms with Gasteiger partial charge in [-0.2, -0.15) is 5.26 Å². The molecule has 0 aliphatic rings. The van der Waals surface area contributed by atoms with Crippen molar-refractivity contribution in [1.29, 1.82) is 5.26 Å². The van der Waals surface area contributed by atoms with Gasteiger partial charge in [0.2, 0.25) is 0 Å². The molecule has 104 valence electrons. The summed E-state index contributed by atoms with van der Waals surface area (Å²) >= 11 is 0. The Bertz CT molecular complexity index is 586. The summed E-state index contributed by atoms with van der Waals surface area (Å²) in [6.07, 6.45) is 0. The molecule has 0 saturated heterocycles. The first kappa shape index (κ1) is 15.8. The van der Waals surface area contributed by atoms with E-state index in [1.807, 2.05) is 6.07 Å². The van der Waals surface area contributed by atoms with Crippen LogP contribution in [0.25, 0.3) is 0 Å². The zero-order valence-electron chi connectivity index (χ0n) is 10.6. The maximum atomic E-state index is 12.0. The minimum atomic E-state index is -3.46. The molecule has 2 N–H and O–H groups in total. The minimum absolute atomic E-state index is 0.0733. The lowest BCUT2D eigenvalue weighted by Gasteiger charge is -2.06. The van der Waals surface area contributed by atoms with Gasteiger partial charge in [0.25, 0.3) is 0 Å². The van der Waals surface area contributed by atoms with Crippen LogP contribution in [0.5, 0.6) is 0 Å². The van der Waals surface area contributed by atoms with Gasteiger partial charge in [0.05, 0.1) is 22.3 Å². The lowest BCUT2D eigenvalue weighted by molar-refractivity contribution is 0.597. The standard InChI is InChI=1S/C12H16N2O3S2/c1-10(14)9-18(15)6-7-19(16,17)12-4-2-11(8-13)3-5-12/h2-5,10H,6-7,9,14H2,1H3. The SMILES string of the molecule is CC(N)CS(=O)CCS(=O)(=O)c1ccc(C#N)cc1. The van der Waals surface area contributed by atoms with E-state index in [9.17, 15) is 12.6 Å². The Morgan fingerprint density at radius 3 is 2.42 bits per heavy atom. The summed E-state index contributed by atoms with van der Waals surface area (Å²) in [5.41, 5.74) is 5.90. The van der Waals surface area contributed by atoms with E-state index in [1.165, 1.54) is 24.3 Å². The Morgan fingerprint density at radius 1 is 1.37 bits per heavy atom. The van der Waals surface area contributed by atoms with Gasteiger partial charge >= 0.3 is 0 Å². The molecule has 2 unspecified atom stereocenters. The van der Waals surface area contributed by atoms with Crippen LogP contribution in [0.2, 0.25) is 0 Å². The van der Waals surface area contributed by atoms with Gasteiger partial charge in [0.1, 0.15) is 0 Å². The van der Waals surface area contributed by atoms with Gasteiger partial charge in [-0.15, -0.1) is 0 Å². The number of nitrogens with zero attached hydrogens (tertiary/aromatic N) is 1.